The molecule has 0 aliphatic heterocycles. The summed E-state index contributed by atoms with van der Waals surface area (Å²) in [5.74, 6) is -1.95. The van der Waals surface area contributed by atoms with Crippen molar-refractivity contribution in [1.29, 1.82) is 0 Å². The van der Waals surface area contributed by atoms with Gasteiger partial charge in [-0.25, -0.2) is 12.8 Å². The van der Waals surface area contributed by atoms with E-state index in [-0.39, 0.29) is 5.69 Å². The fraction of sp³-hybridized carbons (Fsp3) is 0.222. The third-order valence-electron chi connectivity index (χ3n) is 1.94. The number of nitrogens with two attached hydrogens (primary N) is 1. The second kappa shape index (κ2) is 5.51. The first-order valence-electron chi connectivity index (χ1n) is 4.59. The van der Waals surface area contributed by atoms with Gasteiger partial charge in [-0.2, -0.15) is 4.72 Å². The summed E-state index contributed by atoms with van der Waals surface area (Å²) in [4.78, 5) is 10.1. The maximum Gasteiger partial charge on any atom is 0.320 e. The number of anilines is 1. The van der Waals surface area contributed by atoms with Crippen LogP contribution in [0.1, 0.15) is 0 Å². The quantitative estimate of drug-likeness (QED) is 0.623. The molecule has 3 N–H and O–H groups in total. The van der Waals surface area contributed by atoms with Crippen molar-refractivity contribution in [3.63, 3.8) is 0 Å². The third-order valence-corrected chi connectivity index (χ3v) is 3.62. The Balaban J connectivity index is 3.09. The Hall–Kier alpha value is -1.38. The van der Waals surface area contributed by atoms with Gasteiger partial charge < -0.3 is 10.5 Å². The molecule has 18 heavy (non-hydrogen) atoms. The van der Waals surface area contributed by atoms with Crippen LogP contribution in [0.2, 0.25) is 5.02 Å². The summed E-state index contributed by atoms with van der Waals surface area (Å²) in [6.07, 6.45) is 0. The second-order valence-electron chi connectivity index (χ2n) is 3.22. The van der Waals surface area contributed by atoms with Gasteiger partial charge in [0, 0.05) is 5.69 Å². The van der Waals surface area contributed by atoms with E-state index in [2.05, 4.69) is 4.74 Å². The lowest BCUT2D eigenvalue weighted by molar-refractivity contribution is -0.139. The minimum absolute atomic E-state index is 0.0140. The van der Waals surface area contributed by atoms with E-state index in [1.807, 2.05) is 4.72 Å². The van der Waals surface area contributed by atoms with Gasteiger partial charge in [-0.1, -0.05) is 11.6 Å². The van der Waals surface area contributed by atoms with Crippen LogP contribution in [0.25, 0.3) is 0 Å². The van der Waals surface area contributed by atoms with Gasteiger partial charge in [0.2, 0.25) is 10.0 Å². The number of halogens is 2. The molecule has 0 aliphatic rings. The molecular formula is C9H10ClFN2O4S. The van der Waals surface area contributed by atoms with E-state index in [0.717, 1.165) is 19.2 Å². The number of carbonyl (C=O) groups excluding carboxylic acids is 1. The molecule has 1 rings (SSSR count). The van der Waals surface area contributed by atoms with E-state index in [1.54, 1.807) is 0 Å². The highest BCUT2D eigenvalue weighted by Gasteiger charge is 2.22. The van der Waals surface area contributed by atoms with Crippen LogP contribution in [-0.2, 0) is 19.6 Å². The average Bonchev–Trinajstić information content (AvgIpc) is 2.30. The van der Waals surface area contributed by atoms with Crippen LogP contribution in [0.5, 0.6) is 0 Å². The zero-order chi connectivity index (χ0) is 13.9. The normalized spacial score (nSPS) is 11.3. The number of nitrogens with one attached hydrogen (secondary N) is 1. The number of esters is 1. The lowest BCUT2D eigenvalue weighted by Gasteiger charge is -2.08. The third kappa shape index (κ3) is 3.31. The highest BCUT2D eigenvalue weighted by Crippen LogP contribution is 2.25. The van der Waals surface area contributed by atoms with Crippen molar-refractivity contribution in [2.24, 2.45) is 0 Å². The first kappa shape index (κ1) is 14.7. The van der Waals surface area contributed by atoms with Crippen molar-refractivity contribution in [3.05, 3.63) is 23.0 Å². The Morgan fingerprint density at radius 3 is 2.72 bits per heavy atom. The SMILES string of the molecule is COC(=O)CNS(=O)(=O)c1cc(N)cc(Cl)c1F. The van der Waals surface area contributed by atoms with Gasteiger partial charge in [-0.05, 0) is 12.1 Å². The minimum atomic E-state index is -4.23. The lowest BCUT2D eigenvalue weighted by Crippen LogP contribution is -2.30. The smallest absolute Gasteiger partial charge is 0.320 e. The van der Waals surface area contributed by atoms with Crippen molar-refractivity contribution in [2.75, 3.05) is 19.4 Å². The molecule has 6 nitrogen and oxygen atoms in total. The molecule has 0 unspecified atom stereocenters. The highest BCUT2D eigenvalue weighted by molar-refractivity contribution is 7.89. The molecule has 0 fully saturated rings. The van der Waals surface area contributed by atoms with Crippen molar-refractivity contribution >= 4 is 33.3 Å². The summed E-state index contributed by atoms with van der Waals surface area (Å²) in [7, 11) is -3.14. The topological polar surface area (TPSA) is 98.5 Å². The van der Waals surface area contributed by atoms with Crippen molar-refractivity contribution in [3.8, 4) is 0 Å². The van der Waals surface area contributed by atoms with Crippen molar-refractivity contribution < 1.29 is 22.3 Å². The molecule has 0 amide bonds. The van der Waals surface area contributed by atoms with Gasteiger partial charge in [-0.3, -0.25) is 4.79 Å². The Bertz CT molecular complexity index is 576. The molecule has 0 saturated carbocycles. The number of methoxy groups -OCH3 is 1. The Kier molecular flexibility index (Phi) is 4.49. The van der Waals surface area contributed by atoms with Gasteiger partial charge in [-0.15, -0.1) is 0 Å². The van der Waals surface area contributed by atoms with Gasteiger partial charge in [0.25, 0.3) is 0 Å². The molecule has 0 bridgehead atoms. The molecule has 1 aromatic carbocycles. The van der Waals surface area contributed by atoms with Gasteiger partial charge in [0.1, 0.15) is 11.4 Å². The molecule has 0 heterocycles. The maximum absolute atomic E-state index is 13.6. The lowest BCUT2D eigenvalue weighted by atomic mass is 10.3. The number of ether oxygens (including phenoxy) is 1. The van der Waals surface area contributed by atoms with Crippen LogP contribution >= 0.6 is 11.6 Å². The van der Waals surface area contributed by atoms with Gasteiger partial charge in [0.15, 0.2) is 5.82 Å². The predicted octanol–water partition coefficient (Wildman–Crippen LogP) is 0.513. The molecule has 0 spiro atoms. The van der Waals surface area contributed by atoms with E-state index >= 15 is 0 Å². The molecule has 0 aromatic heterocycles. The summed E-state index contributed by atoms with van der Waals surface area (Å²) >= 11 is 5.48. The first-order chi connectivity index (χ1) is 8.27. The second-order valence-corrected chi connectivity index (χ2v) is 5.36. The Labute approximate surface area is 108 Å². The van der Waals surface area contributed by atoms with Crippen LogP contribution in [-0.4, -0.2) is 28.0 Å². The molecule has 9 heteroatoms. The predicted molar refractivity (Wildman–Crippen MR) is 63.0 cm³/mol. The fourth-order valence-corrected chi connectivity index (χ4v) is 2.47. The molecule has 0 radical (unpaired) electrons. The van der Waals surface area contributed by atoms with E-state index in [0.29, 0.717) is 0 Å². The number of nitrogen functional groups attached to an aromatic ring is 1. The number of sulfonamides is 1. The summed E-state index contributed by atoms with van der Waals surface area (Å²) in [6.45, 7) is -0.620. The first-order valence-corrected chi connectivity index (χ1v) is 6.45. The van der Waals surface area contributed by atoms with E-state index in [9.17, 15) is 17.6 Å². The summed E-state index contributed by atoms with van der Waals surface area (Å²) in [6, 6.07) is 1.98. The fourth-order valence-electron chi connectivity index (χ4n) is 1.08. The molecular weight excluding hydrogens is 287 g/mol. The van der Waals surface area contributed by atoms with Crippen LogP contribution in [0.4, 0.5) is 10.1 Å². The number of benzene rings is 1. The highest BCUT2D eigenvalue weighted by atomic mass is 35.5. The van der Waals surface area contributed by atoms with Crippen LogP contribution in [0, 0.1) is 5.82 Å². The van der Waals surface area contributed by atoms with Crippen molar-refractivity contribution in [1.82, 2.24) is 4.72 Å². The van der Waals surface area contributed by atoms with Gasteiger partial charge >= 0.3 is 5.97 Å². The number of hydrogen-bond donors (Lipinski definition) is 2. The van der Waals surface area contributed by atoms with E-state index in [1.165, 1.54) is 0 Å². The molecule has 0 saturated heterocycles. The van der Waals surface area contributed by atoms with E-state index < -0.39 is 38.3 Å². The summed E-state index contributed by atoms with van der Waals surface area (Å²) in [5.41, 5.74) is 5.36. The van der Waals surface area contributed by atoms with E-state index in [4.69, 9.17) is 17.3 Å². The molecule has 1 aromatic rings. The minimum Gasteiger partial charge on any atom is -0.468 e. The van der Waals surface area contributed by atoms with Crippen molar-refractivity contribution in [2.45, 2.75) is 4.90 Å². The van der Waals surface area contributed by atoms with Crippen LogP contribution in [0.15, 0.2) is 17.0 Å². The van der Waals surface area contributed by atoms with Crippen LogP contribution in [0.3, 0.4) is 0 Å². The zero-order valence-electron chi connectivity index (χ0n) is 9.24. The Morgan fingerprint density at radius 2 is 2.17 bits per heavy atom. The number of carbonyl (C=O) groups is 1. The zero-order valence-corrected chi connectivity index (χ0v) is 10.8. The summed E-state index contributed by atoms with van der Waals surface area (Å²) in [5, 5.41) is -0.423. The summed E-state index contributed by atoms with van der Waals surface area (Å²) < 4.78 is 43.1. The van der Waals surface area contributed by atoms with Crippen LogP contribution < -0.4 is 10.5 Å². The average molecular weight is 297 g/mol. The monoisotopic (exact) mass is 296 g/mol. The number of rotatable bonds is 4. The molecule has 0 atom stereocenters. The molecule has 100 valence electrons. The number of hydrogen-bond acceptors (Lipinski definition) is 5. The largest absolute Gasteiger partial charge is 0.468 e. The molecule has 0 aliphatic carbocycles. The van der Waals surface area contributed by atoms with Gasteiger partial charge in [0.05, 0.1) is 12.1 Å². The maximum atomic E-state index is 13.6. The Morgan fingerprint density at radius 1 is 1.56 bits per heavy atom. The standard InChI is InChI=1S/C9H10ClFN2O4S/c1-17-8(14)4-13-18(15,16)7-3-5(12)2-6(10)9(7)11/h2-3,13H,4,12H2,1H3.